The van der Waals surface area contributed by atoms with Crippen molar-refractivity contribution in [2.24, 2.45) is 0 Å². The van der Waals surface area contributed by atoms with Crippen LogP contribution in [0.1, 0.15) is 11.3 Å². The molecule has 0 radical (unpaired) electrons. The van der Waals surface area contributed by atoms with Crippen molar-refractivity contribution in [3.05, 3.63) is 19.8 Å². The maximum atomic E-state index is 8.31. The fourth-order valence-electron chi connectivity index (χ4n) is 0.694. The van der Waals surface area contributed by atoms with E-state index in [-0.39, 0.29) is 0 Å². The summed E-state index contributed by atoms with van der Waals surface area (Å²) in [4.78, 5) is 1.16. The van der Waals surface area contributed by atoms with E-state index in [1.165, 1.54) is 11.3 Å². The second kappa shape index (κ2) is 4.10. The van der Waals surface area contributed by atoms with Gasteiger partial charge in [0.25, 0.3) is 0 Å². The Bertz CT molecular complexity index is 270. The van der Waals surface area contributed by atoms with Crippen LogP contribution in [-0.2, 0) is 6.42 Å². The predicted octanol–water partition coefficient (Wildman–Crippen LogP) is 3.62. The van der Waals surface area contributed by atoms with Crippen molar-refractivity contribution < 1.29 is 0 Å². The summed E-state index contributed by atoms with van der Waals surface area (Å²) >= 11 is 10.6. The molecule has 0 saturated carbocycles. The number of aryl methyl sites for hydroxylation is 1. The van der Waals surface area contributed by atoms with Crippen LogP contribution in [0.15, 0.2) is 10.5 Å². The third-order valence-electron chi connectivity index (χ3n) is 1.18. The van der Waals surface area contributed by atoms with Gasteiger partial charge in [-0.05, 0) is 28.4 Å². The molecule has 1 aromatic heterocycles. The van der Waals surface area contributed by atoms with Crippen molar-refractivity contribution in [2.75, 3.05) is 0 Å². The molecule has 0 amide bonds. The Balaban J connectivity index is 2.67. The molecule has 0 spiro atoms. The van der Waals surface area contributed by atoms with Crippen LogP contribution in [0.5, 0.6) is 0 Å². The average Bonchev–Trinajstić information content (AvgIpc) is 2.28. The zero-order valence-electron chi connectivity index (χ0n) is 5.60. The standard InChI is InChI=1S/C7H5BrClNS/c8-6-4-5(2-1-3-10)11-7(6)9/h4H,1-2H2. The molecule has 0 aromatic carbocycles. The van der Waals surface area contributed by atoms with Crippen molar-refractivity contribution >= 4 is 38.9 Å². The van der Waals surface area contributed by atoms with Crippen LogP contribution >= 0.6 is 38.9 Å². The highest BCUT2D eigenvalue weighted by Crippen LogP contribution is 2.32. The van der Waals surface area contributed by atoms with Crippen LogP contribution in [0.4, 0.5) is 0 Å². The van der Waals surface area contributed by atoms with E-state index in [1.54, 1.807) is 0 Å². The molecule has 0 aliphatic heterocycles. The summed E-state index contributed by atoms with van der Waals surface area (Å²) in [6, 6.07) is 4.06. The molecule has 58 valence electrons. The van der Waals surface area contributed by atoms with Crippen LogP contribution in [0.2, 0.25) is 4.34 Å². The SMILES string of the molecule is N#CCCc1cc(Br)c(Cl)s1. The van der Waals surface area contributed by atoms with E-state index in [0.717, 1.165) is 20.1 Å². The van der Waals surface area contributed by atoms with E-state index >= 15 is 0 Å². The van der Waals surface area contributed by atoms with Crippen LogP contribution < -0.4 is 0 Å². The van der Waals surface area contributed by atoms with E-state index in [2.05, 4.69) is 22.0 Å². The summed E-state index contributed by atoms with van der Waals surface area (Å²) in [5.74, 6) is 0. The van der Waals surface area contributed by atoms with Gasteiger partial charge in [0.1, 0.15) is 4.34 Å². The fraction of sp³-hybridized carbons (Fsp3) is 0.286. The summed E-state index contributed by atoms with van der Waals surface area (Å²) in [5, 5.41) is 8.31. The van der Waals surface area contributed by atoms with Gasteiger partial charge in [-0.25, -0.2) is 0 Å². The van der Waals surface area contributed by atoms with Crippen molar-refractivity contribution in [3.8, 4) is 6.07 Å². The van der Waals surface area contributed by atoms with Gasteiger partial charge < -0.3 is 0 Å². The molecule has 11 heavy (non-hydrogen) atoms. The molecule has 0 unspecified atom stereocenters. The topological polar surface area (TPSA) is 23.8 Å². The van der Waals surface area contributed by atoms with E-state index in [0.29, 0.717) is 6.42 Å². The summed E-state index contributed by atoms with van der Waals surface area (Å²) in [6.45, 7) is 0. The van der Waals surface area contributed by atoms with Gasteiger partial charge >= 0.3 is 0 Å². The Kier molecular flexibility index (Phi) is 3.38. The number of hydrogen-bond acceptors (Lipinski definition) is 2. The van der Waals surface area contributed by atoms with Gasteiger partial charge in [-0.2, -0.15) is 5.26 Å². The molecular formula is C7H5BrClNS. The van der Waals surface area contributed by atoms with Gasteiger partial charge in [-0.3, -0.25) is 0 Å². The highest BCUT2D eigenvalue weighted by atomic mass is 79.9. The van der Waals surface area contributed by atoms with Gasteiger partial charge in [0.15, 0.2) is 0 Å². The molecule has 0 aliphatic carbocycles. The minimum absolute atomic E-state index is 0.559. The molecule has 0 aliphatic rings. The monoisotopic (exact) mass is 249 g/mol. The molecule has 1 rings (SSSR count). The van der Waals surface area contributed by atoms with Crippen LogP contribution in [0, 0.1) is 11.3 Å². The van der Waals surface area contributed by atoms with E-state index in [1.807, 2.05) is 6.07 Å². The first-order chi connectivity index (χ1) is 5.24. The third-order valence-corrected chi connectivity index (χ3v) is 3.71. The number of nitriles is 1. The molecule has 0 fully saturated rings. The largest absolute Gasteiger partial charge is 0.198 e. The van der Waals surface area contributed by atoms with Gasteiger partial charge in [-0.15, -0.1) is 11.3 Å². The first kappa shape index (κ1) is 9.05. The molecule has 1 aromatic rings. The maximum Gasteiger partial charge on any atom is 0.107 e. The quantitative estimate of drug-likeness (QED) is 0.786. The highest BCUT2D eigenvalue weighted by Gasteiger charge is 2.02. The third kappa shape index (κ3) is 2.48. The van der Waals surface area contributed by atoms with E-state index < -0.39 is 0 Å². The Morgan fingerprint density at radius 3 is 2.91 bits per heavy atom. The predicted molar refractivity (Wildman–Crippen MR) is 51.0 cm³/mol. The molecular weight excluding hydrogens is 246 g/mol. The van der Waals surface area contributed by atoms with Crippen molar-refractivity contribution in [2.45, 2.75) is 12.8 Å². The molecule has 0 bridgehead atoms. The van der Waals surface area contributed by atoms with Crippen LogP contribution in [0.3, 0.4) is 0 Å². The number of nitrogens with zero attached hydrogens (tertiary/aromatic N) is 1. The van der Waals surface area contributed by atoms with Gasteiger partial charge in [-0.1, -0.05) is 11.6 Å². The van der Waals surface area contributed by atoms with Crippen molar-refractivity contribution in [1.82, 2.24) is 0 Å². The second-order valence-corrected chi connectivity index (χ2v) is 4.59. The lowest BCUT2D eigenvalue weighted by Gasteiger charge is -1.84. The normalized spacial score (nSPS) is 9.55. The summed E-state index contributed by atoms with van der Waals surface area (Å²) in [5.41, 5.74) is 0. The van der Waals surface area contributed by atoms with Crippen LogP contribution in [0.25, 0.3) is 0 Å². The van der Waals surface area contributed by atoms with Crippen molar-refractivity contribution in [3.63, 3.8) is 0 Å². The molecule has 0 atom stereocenters. The highest BCUT2D eigenvalue weighted by molar-refractivity contribution is 9.10. The second-order valence-electron chi connectivity index (χ2n) is 1.99. The first-order valence-electron chi connectivity index (χ1n) is 3.04. The van der Waals surface area contributed by atoms with Crippen LogP contribution in [-0.4, -0.2) is 0 Å². The minimum atomic E-state index is 0.559. The number of hydrogen-bond donors (Lipinski definition) is 0. The maximum absolute atomic E-state index is 8.31. The summed E-state index contributed by atoms with van der Waals surface area (Å²) < 4.78 is 1.69. The number of rotatable bonds is 2. The lowest BCUT2D eigenvalue weighted by Crippen LogP contribution is -1.74. The smallest absolute Gasteiger partial charge is 0.107 e. The molecule has 0 N–H and O–H groups in total. The zero-order chi connectivity index (χ0) is 8.27. The lowest BCUT2D eigenvalue weighted by molar-refractivity contribution is 1.04. The minimum Gasteiger partial charge on any atom is -0.198 e. The molecule has 1 nitrogen and oxygen atoms in total. The van der Waals surface area contributed by atoms with Gasteiger partial charge in [0, 0.05) is 15.8 Å². The van der Waals surface area contributed by atoms with Crippen molar-refractivity contribution in [1.29, 1.82) is 5.26 Å². The summed E-state index contributed by atoms with van der Waals surface area (Å²) in [6.07, 6.45) is 1.36. The summed E-state index contributed by atoms with van der Waals surface area (Å²) in [7, 11) is 0. The fourth-order valence-corrected chi connectivity index (χ4v) is 2.48. The molecule has 1 heterocycles. The number of thiophene rings is 1. The zero-order valence-corrected chi connectivity index (χ0v) is 8.76. The lowest BCUT2D eigenvalue weighted by atomic mass is 10.3. The average molecular weight is 251 g/mol. The first-order valence-corrected chi connectivity index (χ1v) is 5.03. The Morgan fingerprint density at radius 2 is 2.45 bits per heavy atom. The molecule has 0 saturated heterocycles. The van der Waals surface area contributed by atoms with Gasteiger partial charge in [0.05, 0.1) is 6.07 Å². The van der Waals surface area contributed by atoms with Gasteiger partial charge in [0.2, 0.25) is 0 Å². The Hall–Kier alpha value is -0.0400. The van der Waals surface area contributed by atoms with E-state index in [4.69, 9.17) is 16.9 Å². The van der Waals surface area contributed by atoms with E-state index in [9.17, 15) is 0 Å². The molecule has 4 heteroatoms. The Morgan fingerprint density at radius 1 is 1.73 bits per heavy atom. The Labute approximate surface area is 82.7 Å². The number of halogens is 2.